The Hall–Kier alpha value is -2.08. The Labute approximate surface area is 186 Å². The molecule has 6 nitrogen and oxygen atoms in total. The summed E-state index contributed by atoms with van der Waals surface area (Å²) in [6.07, 6.45) is 11.2. The number of rotatable bonds is 6. The zero-order chi connectivity index (χ0) is 21.8. The number of hydrogen-bond donors (Lipinski definition) is 2. The largest absolute Gasteiger partial charge is 0.378 e. The fraction of sp³-hybridized carbons (Fsp3) is 0.680. The number of nitrogens with zero attached hydrogens (tertiary/aromatic N) is 2. The highest BCUT2D eigenvalue weighted by Crippen LogP contribution is 2.34. The van der Waals surface area contributed by atoms with Gasteiger partial charge in [-0.2, -0.15) is 0 Å². The van der Waals surface area contributed by atoms with Crippen molar-refractivity contribution >= 4 is 23.2 Å². The first-order valence-corrected chi connectivity index (χ1v) is 12.1. The maximum Gasteiger partial charge on any atom is 0.238 e. The van der Waals surface area contributed by atoms with Gasteiger partial charge in [0.05, 0.1) is 6.54 Å². The number of amides is 2. The van der Waals surface area contributed by atoms with Gasteiger partial charge in [-0.3, -0.25) is 14.5 Å². The van der Waals surface area contributed by atoms with Crippen LogP contribution in [0.25, 0.3) is 0 Å². The van der Waals surface area contributed by atoms with Crippen molar-refractivity contribution in [2.75, 3.05) is 30.9 Å². The van der Waals surface area contributed by atoms with Crippen molar-refractivity contribution in [3.8, 4) is 0 Å². The van der Waals surface area contributed by atoms with Crippen LogP contribution >= 0.6 is 0 Å². The summed E-state index contributed by atoms with van der Waals surface area (Å²) in [7, 11) is 4.01. The van der Waals surface area contributed by atoms with E-state index in [2.05, 4.69) is 15.5 Å². The smallest absolute Gasteiger partial charge is 0.238 e. The number of nitrogens with one attached hydrogen (secondary N) is 2. The summed E-state index contributed by atoms with van der Waals surface area (Å²) in [5.41, 5.74) is 1.96. The lowest BCUT2D eigenvalue weighted by Gasteiger charge is -2.48. The molecular weight excluding hydrogens is 388 g/mol. The normalized spacial score (nSPS) is 26.8. The van der Waals surface area contributed by atoms with Crippen LogP contribution in [0, 0.1) is 5.92 Å². The second kappa shape index (κ2) is 10.0. The molecule has 2 N–H and O–H groups in total. The number of fused-ring (bicyclic) bond motifs is 2. The van der Waals surface area contributed by atoms with Gasteiger partial charge in [-0.25, -0.2) is 0 Å². The van der Waals surface area contributed by atoms with Gasteiger partial charge in [-0.1, -0.05) is 25.7 Å². The average molecular weight is 427 g/mol. The summed E-state index contributed by atoms with van der Waals surface area (Å²) in [5.74, 6) is 0.547. The van der Waals surface area contributed by atoms with Crippen LogP contribution in [0.15, 0.2) is 24.3 Å². The second-order valence-corrected chi connectivity index (χ2v) is 9.91. The fourth-order valence-electron chi connectivity index (χ4n) is 5.75. The number of carbonyl (C=O) groups excluding carboxylic acids is 2. The Kier molecular flexibility index (Phi) is 7.16. The molecule has 6 heteroatoms. The van der Waals surface area contributed by atoms with Crippen molar-refractivity contribution in [3.63, 3.8) is 0 Å². The summed E-state index contributed by atoms with van der Waals surface area (Å²) < 4.78 is 0. The van der Waals surface area contributed by atoms with Crippen molar-refractivity contribution in [1.82, 2.24) is 10.2 Å². The van der Waals surface area contributed by atoms with E-state index in [0.29, 0.717) is 18.6 Å². The van der Waals surface area contributed by atoms with Gasteiger partial charge >= 0.3 is 0 Å². The van der Waals surface area contributed by atoms with E-state index < -0.39 is 0 Å². The van der Waals surface area contributed by atoms with E-state index in [9.17, 15) is 9.59 Å². The maximum absolute atomic E-state index is 12.8. The first-order valence-electron chi connectivity index (χ1n) is 12.1. The molecule has 0 aromatic heterocycles. The van der Waals surface area contributed by atoms with E-state index in [1.54, 1.807) is 0 Å². The number of anilines is 2. The summed E-state index contributed by atoms with van der Waals surface area (Å²) in [4.78, 5) is 29.9. The molecule has 0 radical (unpaired) electrons. The molecule has 0 spiro atoms. The summed E-state index contributed by atoms with van der Waals surface area (Å²) in [6.45, 7) is 0.439. The third-order valence-electron chi connectivity index (χ3n) is 7.44. The molecule has 1 aromatic carbocycles. The van der Waals surface area contributed by atoms with Crippen LogP contribution in [0.4, 0.5) is 11.4 Å². The molecule has 2 atom stereocenters. The van der Waals surface area contributed by atoms with Crippen molar-refractivity contribution in [1.29, 1.82) is 0 Å². The van der Waals surface area contributed by atoms with Gasteiger partial charge in [0.1, 0.15) is 0 Å². The minimum atomic E-state index is 0.0548. The van der Waals surface area contributed by atoms with Crippen molar-refractivity contribution in [2.45, 2.75) is 82.3 Å². The van der Waals surface area contributed by atoms with Crippen LogP contribution < -0.4 is 15.5 Å². The molecule has 2 saturated heterocycles. The van der Waals surface area contributed by atoms with Gasteiger partial charge in [0.15, 0.2) is 0 Å². The topological polar surface area (TPSA) is 64.7 Å². The third kappa shape index (κ3) is 5.59. The minimum Gasteiger partial charge on any atom is -0.378 e. The zero-order valence-corrected chi connectivity index (χ0v) is 19.1. The Morgan fingerprint density at radius 2 is 1.58 bits per heavy atom. The predicted molar refractivity (Wildman–Crippen MR) is 125 cm³/mol. The Balaban J connectivity index is 1.30. The standard InChI is InChI=1S/C25H38N4O2/c1-28(2)21-13-11-19(12-14-21)26-24(30)17-29-22-9-6-10-23(29)16-20(15-22)27-25(31)18-7-4-3-5-8-18/h11-14,18,20,22-23H,3-10,15-17H2,1-2H3,(H,26,30)(H,27,31)/t22-,23-/m1/s1. The van der Waals surface area contributed by atoms with Crippen molar-refractivity contribution < 1.29 is 9.59 Å². The molecule has 1 saturated carbocycles. The number of hydrogen-bond acceptors (Lipinski definition) is 4. The molecule has 31 heavy (non-hydrogen) atoms. The lowest BCUT2D eigenvalue weighted by atomic mass is 9.81. The van der Waals surface area contributed by atoms with Gasteiger partial charge in [0.2, 0.25) is 11.8 Å². The van der Waals surface area contributed by atoms with E-state index in [-0.39, 0.29) is 23.8 Å². The van der Waals surface area contributed by atoms with Gasteiger partial charge in [0.25, 0.3) is 0 Å². The first kappa shape index (κ1) is 22.1. The van der Waals surface area contributed by atoms with E-state index in [0.717, 1.165) is 49.9 Å². The lowest BCUT2D eigenvalue weighted by molar-refractivity contribution is -0.128. The summed E-state index contributed by atoms with van der Waals surface area (Å²) >= 11 is 0. The van der Waals surface area contributed by atoms with E-state index >= 15 is 0 Å². The van der Waals surface area contributed by atoms with Crippen LogP contribution in [-0.2, 0) is 9.59 Å². The molecule has 170 valence electrons. The summed E-state index contributed by atoms with van der Waals surface area (Å²) in [6, 6.07) is 9.01. The molecule has 1 aromatic rings. The highest BCUT2D eigenvalue weighted by Gasteiger charge is 2.40. The molecule has 1 aliphatic carbocycles. The SMILES string of the molecule is CN(C)c1ccc(NC(=O)CN2[C@@H]3CCC[C@@H]2CC(NC(=O)C2CCCCC2)C3)cc1. The zero-order valence-electron chi connectivity index (χ0n) is 19.1. The predicted octanol–water partition coefficient (Wildman–Crippen LogP) is 3.77. The maximum atomic E-state index is 12.8. The monoisotopic (exact) mass is 426 g/mol. The van der Waals surface area contributed by atoms with E-state index in [1.165, 1.54) is 25.7 Å². The second-order valence-electron chi connectivity index (χ2n) is 9.91. The van der Waals surface area contributed by atoms with Crippen LogP contribution in [-0.4, -0.2) is 55.5 Å². The fourth-order valence-corrected chi connectivity index (χ4v) is 5.75. The number of benzene rings is 1. The average Bonchev–Trinajstić information content (AvgIpc) is 2.75. The summed E-state index contributed by atoms with van der Waals surface area (Å²) in [5, 5.41) is 6.44. The van der Waals surface area contributed by atoms with Crippen molar-refractivity contribution in [3.05, 3.63) is 24.3 Å². The van der Waals surface area contributed by atoms with Gasteiger partial charge in [-0.05, 0) is 62.8 Å². The number of carbonyl (C=O) groups is 2. The number of piperidine rings is 2. The molecule has 4 rings (SSSR count). The third-order valence-corrected chi connectivity index (χ3v) is 7.44. The Morgan fingerprint density at radius 3 is 2.19 bits per heavy atom. The first-order chi connectivity index (χ1) is 15.0. The quantitative estimate of drug-likeness (QED) is 0.727. The van der Waals surface area contributed by atoms with Crippen molar-refractivity contribution in [2.24, 2.45) is 5.92 Å². The van der Waals surface area contributed by atoms with Gasteiger partial charge < -0.3 is 15.5 Å². The molecule has 3 fully saturated rings. The van der Waals surface area contributed by atoms with Crippen LogP contribution in [0.3, 0.4) is 0 Å². The highest BCUT2D eigenvalue weighted by atomic mass is 16.2. The van der Waals surface area contributed by atoms with Gasteiger partial charge in [-0.15, -0.1) is 0 Å². The van der Waals surface area contributed by atoms with Gasteiger partial charge in [0, 0.05) is 49.5 Å². The Bertz CT molecular complexity index is 743. The molecule has 3 aliphatic rings. The van der Waals surface area contributed by atoms with Crippen LogP contribution in [0.5, 0.6) is 0 Å². The van der Waals surface area contributed by atoms with Crippen LogP contribution in [0.1, 0.15) is 64.2 Å². The molecule has 0 unspecified atom stereocenters. The molecular formula is C25H38N4O2. The Morgan fingerprint density at radius 1 is 0.935 bits per heavy atom. The highest BCUT2D eigenvalue weighted by molar-refractivity contribution is 5.92. The molecule has 2 heterocycles. The molecule has 2 aliphatic heterocycles. The lowest BCUT2D eigenvalue weighted by Crippen LogP contribution is -2.58. The minimum absolute atomic E-state index is 0.0548. The van der Waals surface area contributed by atoms with E-state index in [1.807, 2.05) is 43.3 Å². The molecule has 2 bridgehead atoms. The molecule has 2 amide bonds. The van der Waals surface area contributed by atoms with Crippen LogP contribution in [0.2, 0.25) is 0 Å². The van der Waals surface area contributed by atoms with E-state index in [4.69, 9.17) is 0 Å².